The van der Waals surface area contributed by atoms with E-state index >= 15 is 0 Å². The summed E-state index contributed by atoms with van der Waals surface area (Å²) in [5.74, 6) is 1.36. The largest absolute Gasteiger partial charge is 0.492 e. The molecule has 0 unspecified atom stereocenters. The maximum atomic E-state index is 12.8. The molecule has 0 fully saturated rings. The fourth-order valence-electron chi connectivity index (χ4n) is 3.62. The number of anilines is 1. The van der Waals surface area contributed by atoms with Crippen LogP contribution in [-0.2, 0) is 19.7 Å². The molecular weight excluding hydrogens is 512 g/mol. The maximum absolute atomic E-state index is 12.8. The zero-order valence-corrected chi connectivity index (χ0v) is 22.2. The zero-order valence-electron chi connectivity index (χ0n) is 20.5. The zero-order chi connectivity index (χ0) is 26.6. The van der Waals surface area contributed by atoms with Gasteiger partial charge in [-0.2, -0.15) is 0 Å². The third-order valence-corrected chi connectivity index (χ3v) is 8.47. The number of hydrogen-bond acceptors (Lipinski definition) is 9. The molecule has 2 N–H and O–H groups in total. The quantitative estimate of drug-likeness (QED) is 0.322. The Morgan fingerprint density at radius 3 is 2.22 bits per heavy atom. The van der Waals surface area contributed by atoms with E-state index in [0.717, 1.165) is 0 Å². The van der Waals surface area contributed by atoms with Gasteiger partial charge in [0.15, 0.2) is 5.82 Å². The second-order valence-corrected chi connectivity index (χ2v) is 12.9. The van der Waals surface area contributed by atoms with Gasteiger partial charge in [0.2, 0.25) is 9.84 Å². The molecule has 11 heteroatoms. The highest BCUT2D eigenvalue weighted by Crippen LogP contribution is 2.28. The van der Waals surface area contributed by atoms with Crippen molar-refractivity contribution in [3.63, 3.8) is 0 Å². The van der Waals surface area contributed by atoms with Crippen molar-refractivity contribution < 1.29 is 21.6 Å². The third kappa shape index (κ3) is 6.62. The van der Waals surface area contributed by atoms with Gasteiger partial charge in [-0.05, 0) is 61.6 Å². The standard InChI is InChI=1S/C26H28N4O5S2/c1-30(15-17-36(2,31)32)14-16-35-20-10-13-24-23(18-20)25(27)29-26(28-24)19-8-11-22(12-9-19)37(33,34)21-6-4-3-5-7-21/h3-13,18H,14-17H2,1-2H3,(H2,27,28,29). The lowest BCUT2D eigenvalue weighted by Crippen LogP contribution is -2.29. The van der Waals surface area contributed by atoms with Crippen molar-refractivity contribution in [2.75, 3.05) is 44.5 Å². The molecule has 4 rings (SSSR count). The molecule has 0 saturated carbocycles. The van der Waals surface area contributed by atoms with E-state index in [1.54, 1.807) is 60.7 Å². The molecule has 3 aromatic carbocycles. The fraction of sp³-hybridized carbons (Fsp3) is 0.231. The van der Waals surface area contributed by atoms with E-state index in [-0.39, 0.29) is 21.4 Å². The summed E-state index contributed by atoms with van der Waals surface area (Å²) >= 11 is 0. The fourth-order valence-corrected chi connectivity index (χ4v) is 5.55. The second kappa shape index (κ2) is 10.8. The van der Waals surface area contributed by atoms with Gasteiger partial charge in [-0.15, -0.1) is 0 Å². The molecule has 0 radical (unpaired) electrons. The Bertz CT molecular complexity index is 1610. The number of likely N-dealkylation sites (N-methyl/N-ethyl adjacent to an activating group) is 1. The van der Waals surface area contributed by atoms with Crippen LogP contribution < -0.4 is 10.5 Å². The Morgan fingerprint density at radius 1 is 0.865 bits per heavy atom. The van der Waals surface area contributed by atoms with Crippen LogP contribution in [0.1, 0.15) is 0 Å². The van der Waals surface area contributed by atoms with E-state index in [4.69, 9.17) is 10.5 Å². The van der Waals surface area contributed by atoms with Crippen molar-refractivity contribution in [3.05, 3.63) is 72.8 Å². The number of nitrogens with two attached hydrogens (primary N) is 1. The number of benzene rings is 3. The van der Waals surface area contributed by atoms with E-state index in [1.165, 1.54) is 18.4 Å². The van der Waals surface area contributed by atoms with E-state index in [0.29, 0.717) is 47.7 Å². The summed E-state index contributed by atoms with van der Waals surface area (Å²) in [6, 6.07) is 20.0. The van der Waals surface area contributed by atoms with E-state index in [1.807, 2.05) is 11.9 Å². The topological polar surface area (TPSA) is 133 Å². The number of fused-ring (bicyclic) bond motifs is 1. The first kappa shape index (κ1) is 26.5. The van der Waals surface area contributed by atoms with E-state index < -0.39 is 19.7 Å². The van der Waals surface area contributed by atoms with Crippen LogP contribution in [0.3, 0.4) is 0 Å². The Kier molecular flexibility index (Phi) is 7.76. The minimum absolute atomic E-state index is 0.0985. The van der Waals surface area contributed by atoms with Crippen LogP contribution in [0.4, 0.5) is 5.82 Å². The van der Waals surface area contributed by atoms with Crippen LogP contribution in [0, 0.1) is 0 Å². The Balaban J connectivity index is 1.47. The molecule has 0 atom stereocenters. The first-order valence-electron chi connectivity index (χ1n) is 11.5. The van der Waals surface area contributed by atoms with Gasteiger partial charge in [-0.3, -0.25) is 0 Å². The summed E-state index contributed by atoms with van der Waals surface area (Å²) in [5, 5.41) is 0.634. The SMILES string of the molecule is CN(CCOc1ccc2nc(-c3ccc(S(=O)(=O)c4ccccc4)cc3)nc(N)c2c1)CCS(C)(=O)=O. The molecule has 9 nitrogen and oxygen atoms in total. The first-order valence-corrected chi connectivity index (χ1v) is 15.0. The first-order chi connectivity index (χ1) is 17.5. The number of aromatic nitrogens is 2. The molecule has 37 heavy (non-hydrogen) atoms. The van der Waals surface area contributed by atoms with Gasteiger partial charge >= 0.3 is 0 Å². The van der Waals surface area contributed by atoms with Gasteiger partial charge in [-0.25, -0.2) is 26.8 Å². The molecule has 0 amide bonds. The lowest BCUT2D eigenvalue weighted by Gasteiger charge is -2.16. The molecule has 4 aromatic rings. The molecule has 1 heterocycles. The average Bonchev–Trinajstić information content (AvgIpc) is 2.88. The van der Waals surface area contributed by atoms with Crippen molar-refractivity contribution >= 4 is 36.4 Å². The smallest absolute Gasteiger partial charge is 0.206 e. The number of hydrogen-bond donors (Lipinski definition) is 1. The molecule has 1 aromatic heterocycles. The average molecular weight is 541 g/mol. The number of sulfone groups is 2. The molecule has 194 valence electrons. The van der Waals surface area contributed by atoms with Gasteiger partial charge in [0.05, 0.1) is 21.1 Å². The number of rotatable bonds is 10. The van der Waals surface area contributed by atoms with Crippen LogP contribution in [0.25, 0.3) is 22.3 Å². The van der Waals surface area contributed by atoms with Crippen molar-refractivity contribution in [2.24, 2.45) is 0 Å². The molecule has 0 aliphatic rings. The minimum Gasteiger partial charge on any atom is -0.492 e. The van der Waals surface area contributed by atoms with Gasteiger partial charge < -0.3 is 15.4 Å². The van der Waals surface area contributed by atoms with Crippen LogP contribution in [0.2, 0.25) is 0 Å². The Labute approximate surface area is 216 Å². The van der Waals surface area contributed by atoms with Crippen molar-refractivity contribution in [1.82, 2.24) is 14.9 Å². The Hall–Kier alpha value is -3.54. The van der Waals surface area contributed by atoms with Gasteiger partial charge in [0.25, 0.3) is 0 Å². The van der Waals surface area contributed by atoms with Crippen LogP contribution in [0.15, 0.2) is 82.6 Å². The number of ether oxygens (including phenoxy) is 1. The number of nitrogen functional groups attached to an aromatic ring is 1. The van der Waals surface area contributed by atoms with Crippen molar-refractivity contribution in [2.45, 2.75) is 9.79 Å². The monoisotopic (exact) mass is 540 g/mol. The normalized spacial score (nSPS) is 12.2. The van der Waals surface area contributed by atoms with Crippen LogP contribution in [0.5, 0.6) is 5.75 Å². The molecular formula is C26H28N4O5S2. The molecule has 0 saturated heterocycles. The summed E-state index contributed by atoms with van der Waals surface area (Å²) in [5.41, 5.74) is 7.49. The summed E-state index contributed by atoms with van der Waals surface area (Å²) in [6.07, 6.45) is 1.22. The van der Waals surface area contributed by atoms with Crippen LogP contribution >= 0.6 is 0 Å². The highest BCUT2D eigenvalue weighted by molar-refractivity contribution is 7.91. The van der Waals surface area contributed by atoms with Gasteiger partial charge in [-0.1, -0.05) is 18.2 Å². The van der Waals surface area contributed by atoms with Crippen LogP contribution in [-0.4, -0.2) is 70.5 Å². The predicted octanol–water partition coefficient (Wildman–Crippen LogP) is 3.07. The highest BCUT2D eigenvalue weighted by Gasteiger charge is 2.17. The van der Waals surface area contributed by atoms with Crippen molar-refractivity contribution in [1.29, 1.82) is 0 Å². The highest BCUT2D eigenvalue weighted by atomic mass is 32.2. The third-order valence-electron chi connectivity index (χ3n) is 5.76. The number of nitrogens with zero attached hydrogens (tertiary/aromatic N) is 3. The van der Waals surface area contributed by atoms with E-state index in [2.05, 4.69) is 9.97 Å². The summed E-state index contributed by atoms with van der Waals surface area (Å²) in [7, 11) is -4.79. The van der Waals surface area contributed by atoms with E-state index in [9.17, 15) is 16.8 Å². The van der Waals surface area contributed by atoms with Gasteiger partial charge in [0, 0.05) is 30.3 Å². The molecule has 0 aliphatic heterocycles. The molecule has 0 aliphatic carbocycles. The molecule has 0 bridgehead atoms. The maximum Gasteiger partial charge on any atom is 0.206 e. The summed E-state index contributed by atoms with van der Waals surface area (Å²) in [4.78, 5) is 11.3. The van der Waals surface area contributed by atoms with Crippen molar-refractivity contribution in [3.8, 4) is 17.1 Å². The predicted molar refractivity (Wildman–Crippen MR) is 144 cm³/mol. The lowest BCUT2D eigenvalue weighted by atomic mass is 10.2. The lowest BCUT2D eigenvalue weighted by molar-refractivity contribution is 0.244. The summed E-state index contributed by atoms with van der Waals surface area (Å²) in [6.45, 7) is 1.37. The minimum atomic E-state index is -3.62. The second-order valence-electron chi connectivity index (χ2n) is 8.73. The van der Waals surface area contributed by atoms with Gasteiger partial charge in [0.1, 0.15) is 28.0 Å². The summed E-state index contributed by atoms with van der Waals surface area (Å²) < 4.78 is 54.1. The Morgan fingerprint density at radius 2 is 1.54 bits per heavy atom. The molecule has 0 spiro atoms.